The van der Waals surface area contributed by atoms with Crippen LogP contribution in [0.3, 0.4) is 0 Å². The summed E-state index contributed by atoms with van der Waals surface area (Å²) in [6, 6.07) is 4.69. The van der Waals surface area contributed by atoms with Gasteiger partial charge in [-0.05, 0) is 37.7 Å². The summed E-state index contributed by atoms with van der Waals surface area (Å²) in [6.07, 6.45) is 2.09. The van der Waals surface area contributed by atoms with Gasteiger partial charge in [0.1, 0.15) is 11.5 Å². The van der Waals surface area contributed by atoms with Crippen molar-refractivity contribution in [1.29, 1.82) is 0 Å². The minimum absolute atomic E-state index is 0.0114. The smallest absolute Gasteiger partial charge is 0.303 e. The number of hydrogen-bond donors (Lipinski definition) is 3. The van der Waals surface area contributed by atoms with Crippen molar-refractivity contribution >= 4 is 35.6 Å². The molecule has 5 rings (SSSR count). The van der Waals surface area contributed by atoms with Crippen molar-refractivity contribution in [2.24, 2.45) is 29.6 Å². The number of hydrogen-bond acceptors (Lipinski definition) is 8. The lowest BCUT2D eigenvalue weighted by molar-refractivity contribution is -0.143. The van der Waals surface area contributed by atoms with Gasteiger partial charge in [-0.3, -0.25) is 38.6 Å². The highest BCUT2D eigenvalue weighted by atomic mass is 16.5. The van der Waals surface area contributed by atoms with Gasteiger partial charge in [0.15, 0.2) is 0 Å². The maximum atomic E-state index is 13.7. The molecule has 0 aromatic heterocycles. The van der Waals surface area contributed by atoms with Crippen LogP contribution in [0.2, 0.25) is 0 Å². The van der Waals surface area contributed by atoms with Crippen LogP contribution in [0.1, 0.15) is 50.0 Å². The number of ether oxygens (including phenoxy) is 1. The fraction of sp³-hybridized carbons (Fsp3) is 0.517. The summed E-state index contributed by atoms with van der Waals surface area (Å²) in [5.41, 5.74) is 1.12. The molecule has 0 bridgehead atoms. The Hall–Kier alpha value is -4.22. The van der Waals surface area contributed by atoms with E-state index in [1.165, 1.54) is 13.2 Å². The van der Waals surface area contributed by atoms with E-state index in [0.29, 0.717) is 11.3 Å². The average Bonchev–Trinajstić information content (AvgIpc) is 3.31. The maximum Gasteiger partial charge on any atom is 0.303 e. The van der Waals surface area contributed by atoms with Gasteiger partial charge in [0.2, 0.25) is 23.6 Å². The van der Waals surface area contributed by atoms with E-state index in [4.69, 9.17) is 14.9 Å². The number of rotatable bonds is 10. The van der Waals surface area contributed by atoms with E-state index in [9.17, 15) is 33.9 Å². The SMILES string of the molecule is COc1ccc(C2C3=CCC4C(=O)N(CCCC(=O)O)C(=O)C4C3CC3C(=O)N(CCCC(=O)O)C(=O)C32)c(O)c1. The first-order valence-corrected chi connectivity index (χ1v) is 13.8. The van der Waals surface area contributed by atoms with Gasteiger partial charge >= 0.3 is 11.9 Å². The van der Waals surface area contributed by atoms with E-state index in [2.05, 4.69) is 0 Å². The fourth-order valence-corrected chi connectivity index (χ4v) is 7.20. The Morgan fingerprint density at radius 3 is 2.00 bits per heavy atom. The number of phenols is 1. The molecule has 2 saturated heterocycles. The summed E-state index contributed by atoms with van der Waals surface area (Å²) in [5.74, 6) is -7.84. The third-order valence-corrected chi connectivity index (χ3v) is 8.95. The first kappa shape index (κ1) is 28.3. The van der Waals surface area contributed by atoms with E-state index in [0.717, 1.165) is 15.4 Å². The van der Waals surface area contributed by atoms with Gasteiger partial charge in [-0.1, -0.05) is 17.7 Å². The largest absolute Gasteiger partial charge is 0.508 e. The van der Waals surface area contributed by atoms with Gasteiger partial charge in [-0.25, -0.2) is 0 Å². The third-order valence-electron chi connectivity index (χ3n) is 8.95. The zero-order valence-electron chi connectivity index (χ0n) is 22.5. The standard InChI is InChI=1S/C29H32N2O10/c1-41-14-6-7-16(20(32)12-14)23-15-8-9-17-24(28(39)30(26(17)37)10-2-4-21(33)34)18(15)13-19-25(23)29(40)31(27(19)38)11-3-5-22(35)36/h6-8,12,17-19,23-25,32H,2-5,9-11,13H2,1H3,(H,33,34)(H,35,36). The molecular weight excluding hydrogens is 536 g/mol. The molecule has 12 heteroatoms. The molecule has 4 amide bonds. The second kappa shape index (κ2) is 11.0. The number of carbonyl (C=O) groups is 6. The Bertz CT molecular complexity index is 1350. The molecule has 2 aliphatic carbocycles. The number of aromatic hydroxyl groups is 1. The molecular formula is C29H32N2O10. The molecule has 0 spiro atoms. The molecule has 6 unspecified atom stereocenters. The van der Waals surface area contributed by atoms with Gasteiger partial charge < -0.3 is 20.1 Å². The Kier molecular flexibility index (Phi) is 7.58. The number of carboxylic acids is 2. The second-order valence-corrected chi connectivity index (χ2v) is 11.1. The number of phenolic OH excluding ortho intramolecular Hbond substituents is 1. The van der Waals surface area contributed by atoms with Gasteiger partial charge in [-0.2, -0.15) is 0 Å². The normalized spacial score (nSPS) is 28.8. The number of fused-ring (bicyclic) bond motifs is 4. The van der Waals surface area contributed by atoms with Gasteiger partial charge in [0, 0.05) is 43.5 Å². The van der Waals surface area contributed by atoms with Crippen LogP contribution in [0, 0.1) is 29.6 Å². The van der Waals surface area contributed by atoms with Crippen molar-refractivity contribution in [1.82, 2.24) is 9.80 Å². The molecule has 12 nitrogen and oxygen atoms in total. The molecule has 4 aliphatic rings. The van der Waals surface area contributed by atoms with Crippen molar-refractivity contribution in [3.63, 3.8) is 0 Å². The summed E-state index contributed by atoms with van der Waals surface area (Å²) in [6.45, 7) is -0.0641. The summed E-state index contributed by atoms with van der Waals surface area (Å²) in [5, 5.41) is 29.0. The highest BCUT2D eigenvalue weighted by Gasteiger charge is 2.62. The van der Waals surface area contributed by atoms with Crippen LogP contribution < -0.4 is 4.74 Å². The molecule has 3 N–H and O–H groups in total. The summed E-state index contributed by atoms with van der Waals surface area (Å²) < 4.78 is 5.21. The van der Waals surface area contributed by atoms with Crippen molar-refractivity contribution in [2.75, 3.05) is 20.2 Å². The van der Waals surface area contributed by atoms with Crippen LogP contribution in [-0.2, 0) is 28.8 Å². The van der Waals surface area contributed by atoms with E-state index in [-0.39, 0.29) is 63.3 Å². The van der Waals surface area contributed by atoms with E-state index < -0.39 is 65.2 Å². The molecule has 0 radical (unpaired) electrons. The number of aliphatic carboxylic acids is 2. The first-order chi connectivity index (χ1) is 19.5. The van der Waals surface area contributed by atoms with Crippen molar-refractivity contribution in [3.8, 4) is 11.5 Å². The van der Waals surface area contributed by atoms with Crippen LogP contribution in [0.5, 0.6) is 11.5 Å². The fourth-order valence-electron chi connectivity index (χ4n) is 7.20. The zero-order chi connectivity index (χ0) is 29.6. The molecule has 2 aliphatic heterocycles. The Labute approximate surface area is 235 Å². The number of likely N-dealkylation sites (tertiary alicyclic amines) is 2. The molecule has 1 saturated carbocycles. The Morgan fingerprint density at radius 1 is 0.854 bits per heavy atom. The number of methoxy groups -OCH3 is 1. The predicted molar refractivity (Wildman–Crippen MR) is 139 cm³/mol. The number of benzene rings is 1. The number of imide groups is 2. The van der Waals surface area contributed by atoms with E-state index in [1.54, 1.807) is 12.1 Å². The summed E-state index contributed by atoms with van der Waals surface area (Å²) in [7, 11) is 1.45. The number of allylic oxidation sites excluding steroid dienone is 2. The monoisotopic (exact) mass is 568 g/mol. The predicted octanol–water partition coefficient (Wildman–Crippen LogP) is 1.77. The van der Waals surface area contributed by atoms with Gasteiger partial charge in [0.05, 0.1) is 30.8 Å². The quantitative estimate of drug-likeness (QED) is 0.278. The number of carbonyl (C=O) groups excluding carboxylic acids is 4. The van der Waals surface area contributed by atoms with Gasteiger partial charge in [0.25, 0.3) is 0 Å². The number of amides is 4. The topological polar surface area (TPSA) is 179 Å². The Morgan fingerprint density at radius 2 is 1.44 bits per heavy atom. The summed E-state index contributed by atoms with van der Waals surface area (Å²) in [4.78, 5) is 78.5. The minimum atomic E-state index is -1.04. The van der Waals surface area contributed by atoms with Crippen molar-refractivity contribution in [2.45, 2.75) is 44.4 Å². The van der Waals surface area contributed by atoms with Crippen LogP contribution in [0.4, 0.5) is 0 Å². The van der Waals surface area contributed by atoms with Crippen molar-refractivity contribution < 1.29 is 48.8 Å². The second-order valence-electron chi connectivity index (χ2n) is 11.1. The van der Waals surface area contributed by atoms with Crippen LogP contribution in [0.25, 0.3) is 0 Å². The zero-order valence-corrected chi connectivity index (χ0v) is 22.5. The lowest BCUT2D eigenvalue weighted by atomic mass is 9.57. The maximum absolute atomic E-state index is 13.7. The third kappa shape index (κ3) is 4.85. The highest BCUT2D eigenvalue weighted by Crippen LogP contribution is 2.58. The molecule has 6 atom stereocenters. The molecule has 3 fully saturated rings. The van der Waals surface area contributed by atoms with Gasteiger partial charge in [-0.15, -0.1) is 0 Å². The van der Waals surface area contributed by atoms with E-state index in [1.807, 2.05) is 6.08 Å². The molecule has 2 heterocycles. The molecule has 41 heavy (non-hydrogen) atoms. The number of nitrogens with zero attached hydrogens (tertiary/aromatic N) is 2. The molecule has 218 valence electrons. The lowest BCUT2D eigenvalue weighted by Gasteiger charge is -2.44. The first-order valence-electron chi connectivity index (χ1n) is 13.8. The Balaban J connectivity index is 1.52. The van der Waals surface area contributed by atoms with E-state index >= 15 is 0 Å². The van der Waals surface area contributed by atoms with Crippen LogP contribution >= 0.6 is 0 Å². The molecule has 1 aromatic rings. The van der Waals surface area contributed by atoms with Crippen LogP contribution in [-0.4, -0.2) is 80.9 Å². The van der Waals surface area contributed by atoms with Crippen molar-refractivity contribution in [3.05, 3.63) is 35.4 Å². The van der Waals surface area contributed by atoms with Crippen LogP contribution in [0.15, 0.2) is 29.8 Å². The summed E-state index contributed by atoms with van der Waals surface area (Å²) >= 11 is 0. The highest BCUT2D eigenvalue weighted by molar-refractivity contribution is 6.08. The number of carboxylic acid groups (broad SMARTS) is 2. The lowest BCUT2D eigenvalue weighted by Crippen LogP contribution is -2.43. The average molecular weight is 569 g/mol. The minimum Gasteiger partial charge on any atom is -0.508 e. The molecule has 1 aromatic carbocycles.